The van der Waals surface area contributed by atoms with E-state index in [-0.39, 0.29) is 17.9 Å². The molecule has 0 aliphatic heterocycles. The third-order valence-electron chi connectivity index (χ3n) is 6.41. The molecule has 12 heteroatoms. The van der Waals surface area contributed by atoms with Crippen molar-refractivity contribution in [1.29, 1.82) is 0 Å². The maximum absolute atomic E-state index is 13.6. The van der Waals surface area contributed by atoms with E-state index < -0.39 is 21.4 Å². The normalized spacial score (nSPS) is 12.3. The van der Waals surface area contributed by atoms with Gasteiger partial charge in [-0.25, -0.2) is 32.9 Å². The van der Waals surface area contributed by atoms with Crippen LogP contribution in [0.3, 0.4) is 0 Å². The molecule has 0 saturated carbocycles. The van der Waals surface area contributed by atoms with Crippen LogP contribution in [0.1, 0.15) is 30.5 Å². The predicted octanol–water partition coefficient (Wildman–Crippen LogP) is 4.86. The number of rotatable bonds is 8. The lowest BCUT2D eigenvalue weighted by atomic mass is 9.95. The van der Waals surface area contributed by atoms with Crippen LogP contribution in [0.25, 0.3) is 31.8 Å². The lowest BCUT2D eigenvalue weighted by Crippen LogP contribution is -2.16. The van der Waals surface area contributed by atoms with Crippen molar-refractivity contribution in [2.75, 3.05) is 13.7 Å². The predicted molar refractivity (Wildman–Crippen MR) is 152 cm³/mol. The number of aliphatic hydroxyl groups is 1. The molecule has 40 heavy (non-hydrogen) atoms. The van der Waals surface area contributed by atoms with Crippen molar-refractivity contribution < 1.29 is 27.4 Å². The third-order valence-corrected chi connectivity index (χ3v) is 8.43. The summed E-state index contributed by atoms with van der Waals surface area (Å²) in [6, 6.07) is 10.9. The van der Waals surface area contributed by atoms with Gasteiger partial charge in [-0.15, -0.1) is 11.3 Å². The molecule has 0 radical (unpaired) electrons. The van der Waals surface area contributed by atoms with Gasteiger partial charge in [0.2, 0.25) is 15.9 Å². The Morgan fingerprint density at radius 2 is 1.88 bits per heavy atom. The van der Waals surface area contributed by atoms with Crippen LogP contribution in [0.2, 0.25) is 0 Å². The van der Waals surface area contributed by atoms with E-state index in [1.807, 2.05) is 25.1 Å². The highest BCUT2D eigenvalue weighted by Crippen LogP contribution is 2.39. The van der Waals surface area contributed by atoms with Gasteiger partial charge in [-0.1, -0.05) is 6.07 Å². The standard InChI is InChI=1S/C28H27FN4O5S2/c1-15-9-19(38-8-7-16-5-6-18(29)12-23(16)40(30,35)36)13-22-25(15)33-27(39-22)20-10-17(28(2,3)34)11-21-26(20)31-14-24(32-21)37-4/h5-6,9-14,34H,7-8H2,1-4H3,(H2,30,35,36). The molecule has 208 valence electrons. The molecule has 9 nitrogen and oxygen atoms in total. The van der Waals surface area contributed by atoms with E-state index in [9.17, 15) is 17.9 Å². The van der Waals surface area contributed by atoms with Gasteiger partial charge in [-0.3, -0.25) is 0 Å². The third kappa shape index (κ3) is 5.61. The highest BCUT2D eigenvalue weighted by Gasteiger charge is 2.22. The molecule has 0 fully saturated rings. The van der Waals surface area contributed by atoms with Crippen LogP contribution < -0.4 is 14.6 Å². The molecule has 0 aliphatic carbocycles. The van der Waals surface area contributed by atoms with E-state index in [4.69, 9.17) is 19.6 Å². The second-order valence-electron chi connectivity index (χ2n) is 9.86. The van der Waals surface area contributed by atoms with E-state index in [0.717, 1.165) is 27.4 Å². The fraction of sp³-hybridized carbons (Fsp3) is 0.250. The molecular formula is C28H27FN4O5S2. The van der Waals surface area contributed by atoms with Crippen LogP contribution >= 0.6 is 11.3 Å². The lowest BCUT2D eigenvalue weighted by Gasteiger charge is -2.19. The summed E-state index contributed by atoms with van der Waals surface area (Å²) in [5, 5.41) is 16.7. The lowest BCUT2D eigenvalue weighted by molar-refractivity contribution is 0.0787. The molecule has 3 N–H and O–H groups in total. The summed E-state index contributed by atoms with van der Waals surface area (Å²) in [6.45, 7) is 5.49. The van der Waals surface area contributed by atoms with Gasteiger partial charge in [-0.2, -0.15) is 0 Å². The first-order valence-electron chi connectivity index (χ1n) is 12.3. The highest BCUT2D eigenvalue weighted by molar-refractivity contribution is 7.89. The number of hydrogen-bond donors (Lipinski definition) is 2. The van der Waals surface area contributed by atoms with Crippen molar-refractivity contribution in [2.24, 2.45) is 5.14 Å². The maximum atomic E-state index is 13.6. The quantitative estimate of drug-likeness (QED) is 0.265. The van der Waals surface area contributed by atoms with Crippen molar-refractivity contribution in [3.63, 3.8) is 0 Å². The Balaban J connectivity index is 1.48. The topological polar surface area (TPSA) is 138 Å². The van der Waals surface area contributed by atoms with Crippen LogP contribution in [-0.2, 0) is 22.0 Å². The Labute approximate surface area is 234 Å². The van der Waals surface area contributed by atoms with Crippen LogP contribution in [0.5, 0.6) is 11.6 Å². The second-order valence-corrected chi connectivity index (χ2v) is 12.4. The smallest absolute Gasteiger partial charge is 0.238 e. The number of nitrogens with zero attached hydrogens (tertiary/aromatic N) is 3. The van der Waals surface area contributed by atoms with Gasteiger partial charge in [0.1, 0.15) is 16.6 Å². The molecule has 0 atom stereocenters. The molecule has 0 saturated heterocycles. The maximum Gasteiger partial charge on any atom is 0.238 e. The summed E-state index contributed by atoms with van der Waals surface area (Å²) in [5.74, 6) is 0.269. The number of benzene rings is 3. The molecular weight excluding hydrogens is 555 g/mol. The van der Waals surface area contributed by atoms with Crippen molar-refractivity contribution in [3.8, 4) is 22.2 Å². The first-order chi connectivity index (χ1) is 18.8. The zero-order chi connectivity index (χ0) is 28.8. The number of ether oxygens (including phenoxy) is 2. The summed E-state index contributed by atoms with van der Waals surface area (Å²) in [6.07, 6.45) is 1.76. The average molecular weight is 583 g/mol. The number of primary sulfonamides is 1. The summed E-state index contributed by atoms with van der Waals surface area (Å²) in [7, 11) is -2.56. The monoisotopic (exact) mass is 582 g/mol. The minimum atomic E-state index is -4.08. The van der Waals surface area contributed by atoms with Gasteiger partial charge in [0.25, 0.3) is 0 Å². The molecule has 0 spiro atoms. The number of halogens is 1. The van der Waals surface area contributed by atoms with Gasteiger partial charge in [0, 0.05) is 12.0 Å². The van der Waals surface area contributed by atoms with Gasteiger partial charge < -0.3 is 14.6 Å². The Hall–Kier alpha value is -3.71. The number of sulfonamides is 1. The summed E-state index contributed by atoms with van der Waals surface area (Å²) in [5.41, 5.74) is 3.55. The molecule has 0 unspecified atom stereocenters. The van der Waals surface area contributed by atoms with Crippen LogP contribution in [-0.4, -0.2) is 42.2 Å². The highest BCUT2D eigenvalue weighted by atomic mass is 32.2. The van der Waals surface area contributed by atoms with Gasteiger partial charge in [-0.05, 0) is 73.9 Å². The zero-order valence-electron chi connectivity index (χ0n) is 22.2. The van der Waals surface area contributed by atoms with Crippen LogP contribution in [0.4, 0.5) is 4.39 Å². The number of methoxy groups -OCH3 is 1. The van der Waals surface area contributed by atoms with Gasteiger partial charge in [0.15, 0.2) is 0 Å². The fourth-order valence-electron chi connectivity index (χ4n) is 4.36. The Kier molecular flexibility index (Phi) is 7.21. The number of hydrogen-bond acceptors (Lipinski definition) is 9. The minimum Gasteiger partial charge on any atom is -0.493 e. The van der Waals surface area contributed by atoms with Crippen molar-refractivity contribution in [2.45, 2.75) is 37.7 Å². The summed E-state index contributed by atoms with van der Waals surface area (Å²) in [4.78, 5) is 13.7. The molecule has 5 aromatic rings. The Morgan fingerprint density at radius 1 is 1.10 bits per heavy atom. The summed E-state index contributed by atoms with van der Waals surface area (Å²) >= 11 is 1.45. The number of fused-ring (bicyclic) bond motifs is 2. The number of aromatic nitrogens is 3. The Bertz CT molecular complexity index is 1870. The molecule has 2 heterocycles. The van der Waals surface area contributed by atoms with E-state index in [1.165, 1.54) is 30.6 Å². The first kappa shape index (κ1) is 27.8. The Morgan fingerprint density at radius 3 is 2.58 bits per heavy atom. The number of nitrogens with two attached hydrogens (primary N) is 1. The molecule has 0 aliphatic rings. The van der Waals surface area contributed by atoms with E-state index in [1.54, 1.807) is 26.1 Å². The summed E-state index contributed by atoms with van der Waals surface area (Å²) < 4.78 is 49.4. The SMILES string of the molecule is COc1cnc2c(-c3nc4c(C)cc(OCCc5ccc(F)cc5S(N)(=O)=O)cc4s3)cc(C(C)(C)O)cc2n1. The van der Waals surface area contributed by atoms with Crippen LogP contribution in [0, 0.1) is 12.7 Å². The van der Waals surface area contributed by atoms with E-state index >= 15 is 0 Å². The molecule has 0 amide bonds. The molecule has 5 rings (SSSR count). The fourth-order valence-corrected chi connectivity index (χ4v) is 6.27. The van der Waals surface area contributed by atoms with Crippen LogP contribution in [0.15, 0.2) is 53.6 Å². The second kappa shape index (κ2) is 10.4. The van der Waals surface area contributed by atoms with Crippen molar-refractivity contribution in [1.82, 2.24) is 15.0 Å². The number of aryl methyl sites for hydroxylation is 1. The average Bonchev–Trinajstić information content (AvgIpc) is 3.32. The van der Waals surface area contributed by atoms with Gasteiger partial charge >= 0.3 is 0 Å². The minimum absolute atomic E-state index is 0.153. The van der Waals surface area contributed by atoms with Gasteiger partial charge in [0.05, 0.1) is 51.7 Å². The van der Waals surface area contributed by atoms with E-state index in [0.29, 0.717) is 38.8 Å². The molecule has 2 aromatic heterocycles. The van der Waals surface area contributed by atoms with Crippen molar-refractivity contribution >= 4 is 42.6 Å². The zero-order valence-corrected chi connectivity index (χ0v) is 23.9. The number of thiazole rings is 1. The molecule has 3 aromatic carbocycles. The van der Waals surface area contributed by atoms with Crippen molar-refractivity contribution in [3.05, 3.63) is 71.2 Å². The van der Waals surface area contributed by atoms with E-state index in [2.05, 4.69) is 9.97 Å². The largest absolute Gasteiger partial charge is 0.493 e. The first-order valence-corrected chi connectivity index (χ1v) is 14.6. The molecule has 0 bridgehead atoms.